The molecule has 0 atom stereocenters. The van der Waals surface area contributed by atoms with Gasteiger partial charge < -0.3 is 10.6 Å². The lowest BCUT2D eigenvalue weighted by atomic mass is 10.3. The lowest BCUT2D eigenvalue weighted by Crippen LogP contribution is -2.22. The van der Waals surface area contributed by atoms with E-state index in [1.54, 1.807) is 0 Å². The van der Waals surface area contributed by atoms with E-state index in [0.717, 1.165) is 32.0 Å². The minimum atomic E-state index is -0.0986. The van der Waals surface area contributed by atoms with Crippen LogP contribution in [0.3, 0.4) is 0 Å². The quantitative estimate of drug-likeness (QED) is 0.580. The number of rotatable bonds is 5. The molecular weight excluding hydrogens is 427 g/mol. The van der Waals surface area contributed by atoms with Gasteiger partial charge in [-0.1, -0.05) is 30.3 Å². The minimum absolute atomic E-state index is 0.0986. The first-order valence-corrected chi connectivity index (χ1v) is 9.04. The van der Waals surface area contributed by atoms with E-state index in [4.69, 9.17) is 0 Å². The Hall–Kier alpha value is -2.35. The Morgan fingerprint density at radius 2 is 1.76 bits per heavy atom. The van der Waals surface area contributed by atoms with E-state index in [-0.39, 0.29) is 12.5 Å². The summed E-state index contributed by atoms with van der Waals surface area (Å²) in [6.45, 7) is 4.06. The zero-order valence-electron chi connectivity index (χ0n) is 14.1. The average molecular weight is 446 g/mol. The van der Waals surface area contributed by atoms with Gasteiger partial charge in [0.2, 0.25) is 5.91 Å². The van der Waals surface area contributed by atoms with Gasteiger partial charge in [-0.25, -0.2) is 4.68 Å². The number of carbonyl (C=O) groups is 1. The van der Waals surface area contributed by atoms with Crippen LogP contribution in [0.15, 0.2) is 54.6 Å². The van der Waals surface area contributed by atoms with Crippen LogP contribution in [0.4, 0.5) is 11.4 Å². The molecule has 25 heavy (non-hydrogen) atoms. The van der Waals surface area contributed by atoms with Crippen molar-refractivity contribution in [2.24, 2.45) is 0 Å². The summed E-state index contributed by atoms with van der Waals surface area (Å²) in [6, 6.07) is 17.8. The van der Waals surface area contributed by atoms with Gasteiger partial charge in [-0.05, 0) is 60.7 Å². The van der Waals surface area contributed by atoms with Crippen LogP contribution in [-0.4, -0.2) is 22.2 Å². The van der Waals surface area contributed by atoms with Crippen LogP contribution in [0.5, 0.6) is 0 Å². The van der Waals surface area contributed by atoms with Crippen molar-refractivity contribution >= 4 is 39.9 Å². The Kier molecular flexibility index (Phi) is 5.37. The molecule has 0 saturated carbocycles. The summed E-state index contributed by atoms with van der Waals surface area (Å²) in [7, 11) is 0. The summed E-state index contributed by atoms with van der Waals surface area (Å²) in [6.07, 6.45) is 0. The van der Waals surface area contributed by atoms with Gasteiger partial charge in [0.1, 0.15) is 0 Å². The highest BCUT2D eigenvalue weighted by molar-refractivity contribution is 14.1. The van der Waals surface area contributed by atoms with Gasteiger partial charge in [-0.3, -0.25) is 4.79 Å². The largest absolute Gasteiger partial charge is 0.375 e. The fraction of sp³-hybridized carbons (Fsp3) is 0.158. The number of amides is 1. The van der Waals surface area contributed by atoms with Crippen LogP contribution >= 0.6 is 22.6 Å². The van der Waals surface area contributed by atoms with Gasteiger partial charge >= 0.3 is 0 Å². The van der Waals surface area contributed by atoms with Crippen molar-refractivity contribution in [1.82, 2.24) is 9.78 Å². The predicted octanol–water partition coefficient (Wildman–Crippen LogP) is 4.14. The van der Waals surface area contributed by atoms with Crippen LogP contribution in [0, 0.1) is 17.4 Å². The standard InChI is InChI=1S/C19H19IN4O/c1-13-19(14(2)24(23-13)15-8-4-3-5-9-15)22-18(25)12-21-17-11-7-6-10-16(17)20/h3-11,21H,12H2,1-2H3,(H,22,25). The maximum absolute atomic E-state index is 12.3. The van der Waals surface area contributed by atoms with Crippen molar-refractivity contribution < 1.29 is 4.79 Å². The maximum atomic E-state index is 12.3. The fourth-order valence-electron chi connectivity index (χ4n) is 2.61. The summed E-state index contributed by atoms with van der Waals surface area (Å²) in [5.74, 6) is -0.0986. The first kappa shape index (κ1) is 17.5. The molecule has 6 heteroatoms. The molecule has 1 amide bonds. The third kappa shape index (κ3) is 4.01. The van der Waals surface area contributed by atoms with Gasteiger partial charge in [0.05, 0.1) is 29.3 Å². The Morgan fingerprint density at radius 3 is 2.48 bits per heavy atom. The van der Waals surface area contributed by atoms with Crippen LogP contribution in [-0.2, 0) is 4.79 Å². The Balaban J connectivity index is 1.72. The number of anilines is 2. The molecule has 0 spiro atoms. The van der Waals surface area contributed by atoms with Crippen LogP contribution in [0.1, 0.15) is 11.4 Å². The molecule has 0 bridgehead atoms. The maximum Gasteiger partial charge on any atom is 0.243 e. The molecule has 1 aromatic heterocycles. The van der Waals surface area contributed by atoms with Crippen molar-refractivity contribution in [3.8, 4) is 5.69 Å². The van der Waals surface area contributed by atoms with Crippen LogP contribution in [0.2, 0.25) is 0 Å². The second-order valence-corrected chi connectivity index (χ2v) is 6.84. The van der Waals surface area contributed by atoms with E-state index in [1.807, 2.05) is 73.1 Å². The molecule has 5 nitrogen and oxygen atoms in total. The molecule has 0 fully saturated rings. The molecule has 0 aliphatic heterocycles. The van der Waals surface area contributed by atoms with Crippen molar-refractivity contribution in [1.29, 1.82) is 0 Å². The van der Waals surface area contributed by atoms with Crippen LogP contribution in [0.25, 0.3) is 5.69 Å². The molecule has 0 unspecified atom stereocenters. The van der Waals surface area contributed by atoms with Crippen molar-refractivity contribution in [3.63, 3.8) is 0 Å². The van der Waals surface area contributed by atoms with Gasteiger partial charge in [0, 0.05) is 9.26 Å². The van der Waals surface area contributed by atoms with E-state index in [2.05, 4.69) is 38.3 Å². The Morgan fingerprint density at radius 1 is 1.08 bits per heavy atom. The minimum Gasteiger partial charge on any atom is -0.375 e. The molecule has 3 rings (SSSR count). The van der Waals surface area contributed by atoms with Crippen molar-refractivity contribution in [2.75, 3.05) is 17.2 Å². The molecule has 2 N–H and O–H groups in total. The van der Waals surface area contributed by atoms with Crippen LogP contribution < -0.4 is 10.6 Å². The van der Waals surface area contributed by atoms with E-state index in [1.165, 1.54) is 0 Å². The Labute approximate surface area is 160 Å². The number of aryl methyl sites for hydroxylation is 1. The molecule has 0 aliphatic rings. The Bertz CT molecular complexity index is 890. The molecular formula is C19H19IN4O. The number of nitrogens with one attached hydrogen (secondary N) is 2. The first-order valence-electron chi connectivity index (χ1n) is 7.96. The number of hydrogen-bond donors (Lipinski definition) is 2. The summed E-state index contributed by atoms with van der Waals surface area (Å²) >= 11 is 2.24. The van der Waals surface area contributed by atoms with E-state index >= 15 is 0 Å². The van der Waals surface area contributed by atoms with Crippen molar-refractivity contribution in [3.05, 3.63) is 69.6 Å². The summed E-state index contributed by atoms with van der Waals surface area (Å²) in [5, 5.41) is 10.7. The SMILES string of the molecule is Cc1nn(-c2ccccc2)c(C)c1NC(=O)CNc1ccccc1I. The van der Waals surface area contributed by atoms with E-state index in [0.29, 0.717) is 0 Å². The van der Waals surface area contributed by atoms with Gasteiger partial charge in [-0.15, -0.1) is 0 Å². The zero-order chi connectivity index (χ0) is 17.8. The van der Waals surface area contributed by atoms with E-state index < -0.39 is 0 Å². The van der Waals surface area contributed by atoms with Gasteiger partial charge in [0.25, 0.3) is 0 Å². The van der Waals surface area contributed by atoms with Gasteiger partial charge in [-0.2, -0.15) is 5.10 Å². The first-order chi connectivity index (χ1) is 12.1. The van der Waals surface area contributed by atoms with Crippen molar-refractivity contribution in [2.45, 2.75) is 13.8 Å². The molecule has 0 saturated heterocycles. The lowest BCUT2D eigenvalue weighted by Gasteiger charge is -2.10. The zero-order valence-corrected chi connectivity index (χ0v) is 16.2. The lowest BCUT2D eigenvalue weighted by molar-refractivity contribution is -0.114. The third-order valence-corrected chi connectivity index (χ3v) is 4.81. The number of benzene rings is 2. The average Bonchev–Trinajstić information content (AvgIpc) is 2.90. The highest BCUT2D eigenvalue weighted by Gasteiger charge is 2.15. The fourth-order valence-corrected chi connectivity index (χ4v) is 3.19. The number of para-hydroxylation sites is 2. The summed E-state index contributed by atoms with van der Waals surface area (Å²) in [5.41, 5.74) is 4.39. The normalized spacial score (nSPS) is 10.5. The molecule has 1 heterocycles. The molecule has 3 aromatic rings. The van der Waals surface area contributed by atoms with E-state index in [9.17, 15) is 4.79 Å². The predicted molar refractivity (Wildman–Crippen MR) is 109 cm³/mol. The molecule has 2 aromatic carbocycles. The molecule has 0 aliphatic carbocycles. The number of nitrogens with zero attached hydrogens (tertiary/aromatic N) is 2. The molecule has 128 valence electrons. The second-order valence-electron chi connectivity index (χ2n) is 5.67. The number of halogens is 1. The van der Waals surface area contributed by atoms with Gasteiger partial charge in [0.15, 0.2) is 0 Å². The summed E-state index contributed by atoms with van der Waals surface area (Å²) < 4.78 is 2.93. The number of hydrogen-bond acceptors (Lipinski definition) is 3. The number of carbonyl (C=O) groups excluding carboxylic acids is 1. The summed E-state index contributed by atoms with van der Waals surface area (Å²) in [4.78, 5) is 12.3. The monoisotopic (exact) mass is 446 g/mol. The highest BCUT2D eigenvalue weighted by atomic mass is 127. The smallest absolute Gasteiger partial charge is 0.243 e. The topological polar surface area (TPSA) is 59.0 Å². The third-order valence-electron chi connectivity index (χ3n) is 3.87. The molecule has 0 radical (unpaired) electrons. The second kappa shape index (κ2) is 7.69. The number of aromatic nitrogens is 2. The highest BCUT2D eigenvalue weighted by Crippen LogP contribution is 2.23.